The lowest BCUT2D eigenvalue weighted by Crippen LogP contribution is -2.54. The third-order valence-corrected chi connectivity index (χ3v) is 9.93. The predicted molar refractivity (Wildman–Crippen MR) is 193 cm³/mol. The van der Waals surface area contributed by atoms with Gasteiger partial charge in [0.1, 0.15) is 48.5 Å². The van der Waals surface area contributed by atoms with Gasteiger partial charge in [0.2, 0.25) is 5.60 Å². The number of esters is 3. The number of para-hydroxylation sites is 1. The van der Waals surface area contributed by atoms with Gasteiger partial charge in [-0.2, -0.15) is 15.4 Å². The van der Waals surface area contributed by atoms with Gasteiger partial charge in [0, 0.05) is 7.11 Å². The molecule has 0 saturated carbocycles. The van der Waals surface area contributed by atoms with Crippen molar-refractivity contribution in [3.63, 3.8) is 0 Å². The molecule has 302 valence electrons. The second-order valence-electron chi connectivity index (χ2n) is 13.4. The Morgan fingerprint density at radius 1 is 0.964 bits per heavy atom. The number of phosphoric acid groups is 1. The average molecular weight is 813 g/mol. The topological polar surface area (TPSA) is 282 Å². The Bertz CT molecular complexity index is 1950. The first-order valence-electron chi connectivity index (χ1n) is 16.7. The third kappa shape index (κ3) is 12.3. The van der Waals surface area contributed by atoms with Crippen LogP contribution in [-0.4, -0.2) is 86.0 Å². The highest BCUT2D eigenvalue weighted by molar-refractivity contribution is 7.52. The molecule has 20 nitrogen and oxygen atoms in total. The number of rotatable bonds is 20. The Labute approximate surface area is 317 Å². The number of carbonyl (C=O) groups excluding carboxylic acids is 3. The molecule has 0 fully saturated rings. The van der Waals surface area contributed by atoms with Crippen molar-refractivity contribution in [3.8, 4) is 11.8 Å². The van der Waals surface area contributed by atoms with Crippen LogP contribution in [0.3, 0.4) is 0 Å². The van der Waals surface area contributed by atoms with Crippen LogP contribution in [-0.2, 0) is 51.5 Å². The van der Waals surface area contributed by atoms with E-state index in [0.717, 1.165) is 13.4 Å². The van der Waals surface area contributed by atoms with E-state index in [0.29, 0.717) is 0 Å². The number of carbonyl (C=O) groups is 3. The van der Waals surface area contributed by atoms with Gasteiger partial charge in [-0.15, -0.1) is 0 Å². The summed E-state index contributed by atoms with van der Waals surface area (Å²) in [7, 11) is -8.64. The normalized spacial score (nSPS) is 16.0. The first kappa shape index (κ1) is 45.0. The zero-order valence-electron chi connectivity index (χ0n) is 31.5. The van der Waals surface area contributed by atoms with Crippen LogP contribution in [0.25, 0.3) is 5.52 Å². The molecule has 1 aromatic carbocycles. The third-order valence-electron chi connectivity index (χ3n) is 7.57. The molecule has 22 heteroatoms. The number of nitrogens with one attached hydrogen (secondary N) is 1. The monoisotopic (exact) mass is 812 g/mol. The number of benzene rings is 1. The molecule has 0 amide bonds. The van der Waals surface area contributed by atoms with Crippen LogP contribution in [0.1, 0.15) is 60.3 Å². The highest BCUT2D eigenvalue weighted by atomic mass is 31.2. The highest BCUT2D eigenvalue weighted by Crippen LogP contribution is 2.47. The Morgan fingerprint density at radius 3 is 2.15 bits per heavy atom. The van der Waals surface area contributed by atoms with Crippen molar-refractivity contribution in [1.82, 2.24) is 19.7 Å². The van der Waals surface area contributed by atoms with Crippen molar-refractivity contribution in [3.05, 3.63) is 54.5 Å². The van der Waals surface area contributed by atoms with Crippen molar-refractivity contribution < 1.29 is 65.8 Å². The van der Waals surface area contributed by atoms with E-state index in [1.54, 1.807) is 32.0 Å². The van der Waals surface area contributed by atoms with Gasteiger partial charge in [0.15, 0.2) is 18.0 Å². The van der Waals surface area contributed by atoms with Crippen molar-refractivity contribution in [2.45, 2.75) is 77.9 Å². The zero-order valence-corrected chi connectivity index (χ0v) is 33.3. The van der Waals surface area contributed by atoms with E-state index in [9.17, 15) is 38.6 Å². The number of hydrogen-bond acceptors (Lipinski definition) is 16. The fourth-order valence-electron chi connectivity index (χ4n) is 4.69. The smallest absolute Gasteiger partial charge is 0.461 e. The van der Waals surface area contributed by atoms with Gasteiger partial charge in [0.05, 0.1) is 17.5 Å². The number of nitriles is 1. The Balaban J connectivity index is 2.09. The molecule has 3 aromatic rings. The second-order valence-corrected chi connectivity index (χ2v) is 16.3. The summed E-state index contributed by atoms with van der Waals surface area (Å²) in [6.07, 6.45) is -2.34. The minimum absolute atomic E-state index is 0.00138. The number of hydrogen-bond donors (Lipinski definition) is 4. The van der Waals surface area contributed by atoms with E-state index in [1.165, 1.54) is 63.4 Å². The number of aromatic nitrogens is 3. The van der Waals surface area contributed by atoms with Gasteiger partial charge >= 0.3 is 33.5 Å². The molecule has 0 aliphatic carbocycles. The molecule has 3 rings (SSSR count). The molecular weight excluding hydrogens is 766 g/mol. The summed E-state index contributed by atoms with van der Waals surface area (Å²) in [5, 5.41) is 17.4. The Morgan fingerprint density at radius 2 is 1.58 bits per heavy atom. The Kier molecular flexibility index (Phi) is 15.1. The minimum atomic E-state index is -4.95. The van der Waals surface area contributed by atoms with Gasteiger partial charge < -0.3 is 39.0 Å². The second kappa shape index (κ2) is 18.5. The molecule has 0 aliphatic heterocycles. The van der Waals surface area contributed by atoms with Gasteiger partial charge in [-0.1, -0.05) is 45.9 Å². The number of fused-ring (bicyclic) bond motifs is 1. The number of nitrogens with zero attached hydrogens (tertiary/aromatic N) is 4. The van der Waals surface area contributed by atoms with E-state index in [2.05, 4.69) is 19.7 Å². The van der Waals surface area contributed by atoms with Gasteiger partial charge in [0.25, 0.3) is 0 Å². The molecule has 0 spiro atoms. The molecule has 0 aliphatic rings. The van der Waals surface area contributed by atoms with Crippen LogP contribution in [0, 0.1) is 23.2 Å². The average Bonchev–Trinajstić information content (AvgIpc) is 3.54. The number of phosphoric ester groups is 1. The standard InChI is InChI=1S/C33H46N6O14P2/c1-20(2)29(40)50-26(24-14-15-25-28(35)36-19-37-39(24)25)27(51-30(41)21(3)4)33(16-34,47-8)18-49-54(43,52-23-12-10-9-11-13-23)38-22(5)31(42)48-17-32(6,7)53-55(44,45)46/h9-15,19-22,26-27H,17-18H2,1-8H3,(H,38,43)(H2,35,36,37)(H2,44,45,46)/t22-,26-,27-,33+,54?/m0/s1. The summed E-state index contributed by atoms with van der Waals surface area (Å²) in [4.78, 5) is 61.9. The molecule has 1 unspecified atom stereocenters. The lowest BCUT2D eigenvalue weighted by Gasteiger charge is -2.38. The molecule has 0 bridgehead atoms. The van der Waals surface area contributed by atoms with Crippen LogP contribution in [0.15, 0.2) is 48.8 Å². The summed E-state index contributed by atoms with van der Waals surface area (Å²) in [5.41, 5.74) is 2.37. The van der Waals surface area contributed by atoms with Gasteiger partial charge in [-0.25, -0.2) is 18.6 Å². The van der Waals surface area contributed by atoms with Crippen LogP contribution >= 0.6 is 15.6 Å². The van der Waals surface area contributed by atoms with Crippen LogP contribution in [0.2, 0.25) is 0 Å². The number of methoxy groups -OCH3 is 1. The summed E-state index contributed by atoms with van der Waals surface area (Å²) in [6, 6.07) is 11.1. The van der Waals surface area contributed by atoms with Crippen LogP contribution in [0.4, 0.5) is 5.82 Å². The fraction of sp³-hybridized carbons (Fsp3) is 0.515. The highest BCUT2D eigenvalue weighted by Gasteiger charge is 2.53. The Hall–Kier alpha value is -4.44. The quantitative estimate of drug-likeness (QED) is 0.0719. The number of nitrogens with two attached hydrogens (primary N) is 1. The number of nitrogen functional groups attached to an aromatic ring is 1. The largest absolute Gasteiger partial charge is 0.470 e. The first-order chi connectivity index (χ1) is 25.6. The molecule has 2 heterocycles. The number of anilines is 1. The summed E-state index contributed by atoms with van der Waals surface area (Å²) >= 11 is 0. The number of ether oxygens (including phenoxy) is 4. The molecule has 5 N–H and O–H groups in total. The van der Waals surface area contributed by atoms with E-state index in [1.807, 2.05) is 6.07 Å². The summed E-state index contributed by atoms with van der Waals surface area (Å²) in [5.74, 6) is -4.08. The molecular formula is C33H46N6O14P2. The first-order valence-corrected chi connectivity index (χ1v) is 19.8. The maximum absolute atomic E-state index is 14.5. The van der Waals surface area contributed by atoms with Gasteiger partial charge in [-0.05, 0) is 45.0 Å². The van der Waals surface area contributed by atoms with Crippen molar-refractivity contribution in [2.24, 2.45) is 11.8 Å². The van der Waals surface area contributed by atoms with E-state index in [4.69, 9.17) is 33.7 Å². The van der Waals surface area contributed by atoms with E-state index < -0.39 is 88.0 Å². The molecule has 5 atom stereocenters. The summed E-state index contributed by atoms with van der Waals surface area (Å²) < 4.78 is 66.0. The van der Waals surface area contributed by atoms with Crippen molar-refractivity contribution in [2.75, 3.05) is 26.1 Å². The zero-order chi connectivity index (χ0) is 41.4. The molecule has 0 radical (unpaired) electrons. The minimum Gasteiger partial charge on any atom is -0.461 e. The summed E-state index contributed by atoms with van der Waals surface area (Å²) in [6.45, 7) is 8.30. The van der Waals surface area contributed by atoms with Crippen molar-refractivity contribution >= 4 is 44.8 Å². The molecule has 55 heavy (non-hydrogen) atoms. The SMILES string of the molecule is CO[C@](C#N)(COP(=O)(N[C@@H](C)C(=O)OCC(C)(C)OP(=O)(O)O)Oc1ccccc1)[C@@H](OC(=O)C(C)C)[C@@H](OC(=O)C(C)C)c1ccc2c(N)ncnn12. The van der Waals surface area contributed by atoms with Crippen LogP contribution in [0.5, 0.6) is 5.75 Å². The lowest BCUT2D eigenvalue weighted by atomic mass is 9.92. The van der Waals surface area contributed by atoms with E-state index >= 15 is 0 Å². The van der Waals surface area contributed by atoms with Crippen molar-refractivity contribution in [1.29, 1.82) is 5.26 Å². The van der Waals surface area contributed by atoms with Gasteiger partial charge in [-0.3, -0.25) is 23.4 Å². The fourth-order valence-corrected chi connectivity index (χ4v) is 6.90. The van der Waals surface area contributed by atoms with Crippen LogP contribution < -0.4 is 15.3 Å². The lowest BCUT2D eigenvalue weighted by molar-refractivity contribution is -0.197. The molecule has 2 aromatic heterocycles. The maximum Gasteiger partial charge on any atom is 0.470 e. The predicted octanol–water partition coefficient (Wildman–Crippen LogP) is 3.64. The maximum atomic E-state index is 14.5. The van der Waals surface area contributed by atoms with E-state index in [-0.39, 0.29) is 22.8 Å². The molecule has 0 saturated heterocycles.